The van der Waals surface area contributed by atoms with Gasteiger partial charge in [0.05, 0.1) is 0 Å². The number of nitrogens with one attached hydrogen (secondary N) is 1. The van der Waals surface area contributed by atoms with E-state index in [0.29, 0.717) is 23.9 Å². The largest absolute Gasteiger partial charge is 0.480 e. The fraction of sp³-hybridized carbons (Fsp3) is 0.333. The molecule has 1 saturated heterocycles. The van der Waals surface area contributed by atoms with Crippen LogP contribution in [0.15, 0.2) is 24.3 Å². The van der Waals surface area contributed by atoms with Crippen molar-refractivity contribution in [2.45, 2.75) is 25.3 Å². The lowest BCUT2D eigenvalue weighted by Crippen LogP contribution is -2.48. The summed E-state index contributed by atoms with van der Waals surface area (Å²) < 4.78 is 13.7. The topological polar surface area (TPSA) is 73.4 Å². The highest BCUT2D eigenvalue weighted by molar-refractivity contribution is 5.99. The molecule has 0 radical (unpaired) electrons. The molecule has 1 aliphatic heterocycles. The number of aromatic amines is 1. The minimum absolute atomic E-state index is 0.225. The number of benzene rings is 1. The van der Waals surface area contributed by atoms with E-state index in [1.165, 1.54) is 17.0 Å². The monoisotopic (exact) mass is 290 g/mol. The SMILES string of the molecule is O=C(O)[C@H]1CCCCN1C(=O)c1cc2c(F)cccc2[nH]1. The molecule has 0 unspecified atom stereocenters. The smallest absolute Gasteiger partial charge is 0.326 e. The number of carboxylic acids is 1. The number of carboxylic acid groups (broad SMARTS) is 1. The Morgan fingerprint density at radius 2 is 2.14 bits per heavy atom. The molecule has 3 rings (SSSR count). The number of H-pyrrole nitrogens is 1. The van der Waals surface area contributed by atoms with Gasteiger partial charge in [-0.25, -0.2) is 9.18 Å². The maximum atomic E-state index is 13.7. The van der Waals surface area contributed by atoms with Crippen molar-refractivity contribution in [3.8, 4) is 0 Å². The first-order chi connectivity index (χ1) is 10.1. The van der Waals surface area contributed by atoms with Gasteiger partial charge in [0, 0.05) is 17.4 Å². The molecule has 6 heteroatoms. The van der Waals surface area contributed by atoms with Gasteiger partial charge in [0.15, 0.2) is 0 Å². The third kappa shape index (κ3) is 2.37. The Morgan fingerprint density at radius 3 is 2.86 bits per heavy atom. The maximum Gasteiger partial charge on any atom is 0.326 e. The van der Waals surface area contributed by atoms with Crippen molar-refractivity contribution < 1.29 is 19.1 Å². The number of hydrogen-bond donors (Lipinski definition) is 2. The van der Waals surface area contributed by atoms with Crippen LogP contribution in [-0.2, 0) is 4.79 Å². The van der Waals surface area contributed by atoms with Crippen molar-refractivity contribution in [1.29, 1.82) is 0 Å². The molecule has 2 heterocycles. The lowest BCUT2D eigenvalue weighted by Gasteiger charge is -2.32. The summed E-state index contributed by atoms with van der Waals surface area (Å²) in [7, 11) is 0. The van der Waals surface area contributed by atoms with Crippen molar-refractivity contribution in [3.05, 3.63) is 35.8 Å². The first kappa shape index (κ1) is 13.6. The fourth-order valence-electron chi connectivity index (χ4n) is 2.82. The fourth-order valence-corrected chi connectivity index (χ4v) is 2.82. The molecule has 2 aromatic rings. The molecular weight excluding hydrogens is 275 g/mol. The second kappa shape index (κ2) is 5.20. The molecule has 1 fully saturated rings. The zero-order chi connectivity index (χ0) is 15.0. The predicted octanol–water partition coefficient (Wildman–Crippen LogP) is 2.39. The van der Waals surface area contributed by atoms with Crippen LogP contribution in [0, 0.1) is 5.82 Å². The van der Waals surface area contributed by atoms with Gasteiger partial charge >= 0.3 is 5.97 Å². The Labute approximate surface area is 120 Å². The van der Waals surface area contributed by atoms with E-state index >= 15 is 0 Å². The number of fused-ring (bicyclic) bond motifs is 1. The summed E-state index contributed by atoms with van der Waals surface area (Å²) in [6.07, 6.45) is 2.03. The van der Waals surface area contributed by atoms with Crippen molar-refractivity contribution in [3.63, 3.8) is 0 Å². The van der Waals surface area contributed by atoms with Gasteiger partial charge in [0.1, 0.15) is 17.6 Å². The Hall–Kier alpha value is -2.37. The number of hydrogen-bond acceptors (Lipinski definition) is 2. The van der Waals surface area contributed by atoms with E-state index in [0.717, 1.165) is 12.8 Å². The third-order valence-corrected chi connectivity index (χ3v) is 3.89. The van der Waals surface area contributed by atoms with Crippen molar-refractivity contribution in [1.82, 2.24) is 9.88 Å². The molecule has 1 amide bonds. The van der Waals surface area contributed by atoms with Crippen molar-refractivity contribution in [2.75, 3.05) is 6.54 Å². The zero-order valence-electron chi connectivity index (χ0n) is 11.3. The summed E-state index contributed by atoms with van der Waals surface area (Å²) in [4.78, 5) is 28.0. The number of halogens is 1. The first-order valence-electron chi connectivity index (χ1n) is 6.89. The Morgan fingerprint density at radius 1 is 1.33 bits per heavy atom. The van der Waals surface area contributed by atoms with Crippen LogP contribution in [0.3, 0.4) is 0 Å². The van der Waals surface area contributed by atoms with Crippen molar-refractivity contribution >= 4 is 22.8 Å². The van der Waals surface area contributed by atoms with Gasteiger partial charge in [-0.3, -0.25) is 4.79 Å². The number of piperidine rings is 1. The number of carbonyl (C=O) groups is 2. The molecule has 1 aliphatic rings. The Bertz CT molecular complexity index is 710. The average molecular weight is 290 g/mol. The van der Waals surface area contributed by atoms with E-state index < -0.39 is 23.7 Å². The summed E-state index contributed by atoms with van der Waals surface area (Å²) in [5.74, 6) is -1.79. The van der Waals surface area contributed by atoms with Crippen LogP contribution in [0.4, 0.5) is 4.39 Å². The molecule has 0 bridgehead atoms. The molecule has 5 nitrogen and oxygen atoms in total. The van der Waals surface area contributed by atoms with Crippen LogP contribution in [-0.4, -0.2) is 39.5 Å². The molecule has 21 heavy (non-hydrogen) atoms. The highest BCUT2D eigenvalue weighted by Crippen LogP contribution is 2.23. The predicted molar refractivity (Wildman–Crippen MR) is 74.6 cm³/mol. The molecule has 1 aromatic heterocycles. The summed E-state index contributed by atoms with van der Waals surface area (Å²) in [5.41, 5.74) is 0.755. The number of aromatic nitrogens is 1. The number of carbonyl (C=O) groups excluding carboxylic acids is 1. The van der Waals surface area contributed by atoms with Crippen LogP contribution in [0.2, 0.25) is 0 Å². The normalized spacial score (nSPS) is 18.9. The van der Waals surface area contributed by atoms with Crippen molar-refractivity contribution in [2.24, 2.45) is 0 Å². The number of rotatable bonds is 2. The van der Waals surface area contributed by atoms with Crippen LogP contribution in [0.25, 0.3) is 10.9 Å². The Balaban J connectivity index is 1.95. The van der Waals surface area contributed by atoms with E-state index in [1.54, 1.807) is 12.1 Å². The molecule has 0 saturated carbocycles. The molecule has 1 aromatic carbocycles. The number of amides is 1. The second-order valence-corrected chi connectivity index (χ2v) is 5.23. The highest BCUT2D eigenvalue weighted by Gasteiger charge is 2.33. The van der Waals surface area contributed by atoms with Crippen LogP contribution in [0.1, 0.15) is 29.8 Å². The molecule has 0 aliphatic carbocycles. The molecular formula is C15H15FN2O3. The lowest BCUT2D eigenvalue weighted by atomic mass is 10.0. The standard InChI is InChI=1S/C15H15FN2O3/c16-10-4-3-5-11-9(10)8-12(17-11)14(19)18-7-2-1-6-13(18)15(20)21/h3-5,8,13,17H,1-2,6-7H2,(H,20,21)/t13-/m1/s1. The molecule has 2 N–H and O–H groups in total. The van der Waals surface area contributed by atoms with Gasteiger partial charge in [-0.2, -0.15) is 0 Å². The first-order valence-corrected chi connectivity index (χ1v) is 6.89. The highest BCUT2D eigenvalue weighted by atomic mass is 19.1. The molecule has 110 valence electrons. The van der Waals surface area contributed by atoms with Crippen LogP contribution >= 0.6 is 0 Å². The number of aliphatic carboxylic acids is 1. The summed E-state index contributed by atoms with van der Waals surface area (Å²) in [6, 6.07) is 5.21. The minimum Gasteiger partial charge on any atom is -0.480 e. The maximum absolute atomic E-state index is 13.7. The van der Waals surface area contributed by atoms with E-state index in [1.807, 2.05) is 0 Å². The number of likely N-dealkylation sites (tertiary alicyclic amines) is 1. The summed E-state index contributed by atoms with van der Waals surface area (Å²) in [6.45, 7) is 0.410. The van der Waals surface area contributed by atoms with Gasteiger partial charge < -0.3 is 15.0 Å². The van der Waals surface area contributed by atoms with Crippen LogP contribution < -0.4 is 0 Å². The molecule has 0 spiro atoms. The van der Waals surface area contributed by atoms with Gasteiger partial charge in [-0.05, 0) is 37.5 Å². The molecule has 1 atom stereocenters. The van der Waals surface area contributed by atoms with Gasteiger partial charge in [-0.15, -0.1) is 0 Å². The quantitative estimate of drug-likeness (QED) is 0.892. The van der Waals surface area contributed by atoms with Gasteiger partial charge in [0.2, 0.25) is 0 Å². The average Bonchev–Trinajstić information content (AvgIpc) is 2.92. The Kier molecular flexibility index (Phi) is 3.37. The minimum atomic E-state index is -0.995. The summed E-state index contributed by atoms with van der Waals surface area (Å²) >= 11 is 0. The number of nitrogens with zero attached hydrogens (tertiary/aromatic N) is 1. The van der Waals surface area contributed by atoms with E-state index in [2.05, 4.69) is 4.98 Å². The zero-order valence-corrected chi connectivity index (χ0v) is 11.3. The van der Waals surface area contributed by atoms with E-state index in [4.69, 9.17) is 0 Å². The second-order valence-electron chi connectivity index (χ2n) is 5.23. The van der Waals surface area contributed by atoms with Crippen LogP contribution in [0.5, 0.6) is 0 Å². The lowest BCUT2D eigenvalue weighted by molar-refractivity contribution is -0.143. The van der Waals surface area contributed by atoms with Gasteiger partial charge in [-0.1, -0.05) is 6.07 Å². The van der Waals surface area contributed by atoms with E-state index in [-0.39, 0.29) is 5.69 Å². The van der Waals surface area contributed by atoms with E-state index in [9.17, 15) is 19.1 Å². The van der Waals surface area contributed by atoms with Gasteiger partial charge in [0.25, 0.3) is 5.91 Å². The third-order valence-electron chi connectivity index (χ3n) is 3.89. The summed E-state index contributed by atoms with van der Waals surface area (Å²) in [5, 5.41) is 9.56.